The molecule has 0 heterocycles. The minimum atomic E-state index is -0.257. The van der Waals surface area contributed by atoms with E-state index in [0.29, 0.717) is 12.3 Å². The van der Waals surface area contributed by atoms with E-state index in [2.05, 4.69) is 5.32 Å². The van der Waals surface area contributed by atoms with Gasteiger partial charge in [0.25, 0.3) is 0 Å². The molecule has 1 aromatic carbocycles. The quantitative estimate of drug-likeness (QED) is 0.697. The van der Waals surface area contributed by atoms with E-state index in [-0.39, 0.29) is 12.4 Å². The molecule has 0 aromatic heterocycles. The molecule has 0 spiro atoms. The van der Waals surface area contributed by atoms with Gasteiger partial charge >= 0.3 is 0 Å². The highest BCUT2D eigenvalue weighted by molar-refractivity contribution is 5.33. The topological polar surface area (TPSA) is 41.5 Å². The van der Waals surface area contributed by atoms with E-state index in [4.69, 9.17) is 9.84 Å². The lowest BCUT2D eigenvalue weighted by atomic mass is 10.2. The number of halogens is 1. The summed E-state index contributed by atoms with van der Waals surface area (Å²) in [5, 5.41) is 11.8. The van der Waals surface area contributed by atoms with Crippen molar-refractivity contribution in [3.8, 4) is 5.75 Å². The van der Waals surface area contributed by atoms with Crippen molar-refractivity contribution in [3.63, 3.8) is 0 Å². The van der Waals surface area contributed by atoms with Crippen LogP contribution in [0.4, 0.5) is 4.39 Å². The number of benzene rings is 1. The Morgan fingerprint density at radius 3 is 2.88 bits per heavy atom. The predicted octanol–water partition coefficient (Wildman–Crippen LogP) is 1.70. The zero-order valence-electron chi connectivity index (χ0n) is 9.50. The van der Waals surface area contributed by atoms with Gasteiger partial charge in [0.1, 0.15) is 11.6 Å². The summed E-state index contributed by atoms with van der Waals surface area (Å²) < 4.78 is 18.1. The Morgan fingerprint density at radius 2 is 2.19 bits per heavy atom. The van der Waals surface area contributed by atoms with Crippen molar-refractivity contribution in [2.45, 2.75) is 19.4 Å². The average molecular weight is 227 g/mol. The van der Waals surface area contributed by atoms with Crippen LogP contribution in [0, 0.1) is 5.82 Å². The number of nitrogens with one attached hydrogen (secondary N) is 1. The second kappa shape index (κ2) is 7.19. The number of methoxy groups -OCH3 is 1. The SMILES string of the molecule is COc1ccc(F)cc1CNCCCCO. The van der Waals surface area contributed by atoms with Gasteiger partial charge in [-0.15, -0.1) is 0 Å². The van der Waals surface area contributed by atoms with Crippen LogP contribution in [0.25, 0.3) is 0 Å². The number of unbranched alkanes of at least 4 members (excludes halogenated alkanes) is 1. The number of ether oxygens (including phenoxy) is 1. The van der Waals surface area contributed by atoms with Crippen molar-refractivity contribution >= 4 is 0 Å². The van der Waals surface area contributed by atoms with Crippen molar-refractivity contribution in [1.82, 2.24) is 5.32 Å². The number of hydrogen-bond donors (Lipinski definition) is 2. The average Bonchev–Trinajstić information content (AvgIpc) is 2.29. The molecule has 0 saturated heterocycles. The molecule has 4 heteroatoms. The fourth-order valence-corrected chi connectivity index (χ4v) is 1.47. The Labute approximate surface area is 95.2 Å². The third kappa shape index (κ3) is 4.16. The first-order chi connectivity index (χ1) is 7.77. The maximum Gasteiger partial charge on any atom is 0.123 e. The van der Waals surface area contributed by atoms with E-state index in [0.717, 1.165) is 24.9 Å². The molecule has 1 rings (SSSR count). The van der Waals surface area contributed by atoms with E-state index in [9.17, 15) is 4.39 Å². The number of rotatable bonds is 7. The molecule has 3 nitrogen and oxygen atoms in total. The maximum absolute atomic E-state index is 13.0. The second-order valence-corrected chi connectivity index (χ2v) is 3.56. The zero-order chi connectivity index (χ0) is 11.8. The molecule has 0 saturated carbocycles. The fraction of sp³-hybridized carbons (Fsp3) is 0.500. The largest absolute Gasteiger partial charge is 0.496 e. The Bertz CT molecular complexity index is 318. The van der Waals surface area contributed by atoms with Crippen molar-refractivity contribution in [2.75, 3.05) is 20.3 Å². The Morgan fingerprint density at radius 1 is 1.38 bits per heavy atom. The Hall–Kier alpha value is -1.13. The van der Waals surface area contributed by atoms with Gasteiger partial charge in [-0.1, -0.05) is 0 Å². The van der Waals surface area contributed by atoms with Crippen molar-refractivity contribution in [2.24, 2.45) is 0 Å². The van der Waals surface area contributed by atoms with Gasteiger partial charge in [0.15, 0.2) is 0 Å². The summed E-state index contributed by atoms with van der Waals surface area (Å²) in [6.45, 7) is 1.59. The lowest BCUT2D eigenvalue weighted by Gasteiger charge is -2.09. The van der Waals surface area contributed by atoms with Crippen LogP contribution >= 0.6 is 0 Å². The third-order valence-electron chi connectivity index (χ3n) is 2.32. The van der Waals surface area contributed by atoms with Gasteiger partial charge in [0, 0.05) is 18.7 Å². The predicted molar refractivity (Wildman–Crippen MR) is 61.0 cm³/mol. The molecule has 0 aliphatic carbocycles. The Balaban J connectivity index is 2.42. The summed E-state index contributed by atoms with van der Waals surface area (Å²) in [7, 11) is 1.57. The molecule has 90 valence electrons. The number of hydrogen-bond acceptors (Lipinski definition) is 3. The van der Waals surface area contributed by atoms with Crippen LogP contribution in [-0.4, -0.2) is 25.4 Å². The van der Waals surface area contributed by atoms with Crippen LogP contribution in [0.5, 0.6) is 5.75 Å². The minimum Gasteiger partial charge on any atom is -0.496 e. The van der Waals surface area contributed by atoms with Crippen LogP contribution in [0.3, 0.4) is 0 Å². The van der Waals surface area contributed by atoms with Gasteiger partial charge in [0.05, 0.1) is 7.11 Å². The van der Waals surface area contributed by atoms with Crippen LogP contribution in [0.15, 0.2) is 18.2 Å². The van der Waals surface area contributed by atoms with Crippen LogP contribution in [0.2, 0.25) is 0 Å². The lowest BCUT2D eigenvalue weighted by molar-refractivity contribution is 0.283. The molecule has 16 heavy (non-hydrogen) atoms. The van der Waals surface area contributed by atoms with Gasteiger partial charge in [-0.05, 0) is 37.6 Å². The molecule has 1 aromatic rings. The van der Waals surface area contributed by atoms with Crippen molar-refractivity contribution < 1.29 is 14.2 Å². The first kappa shape index (κ1) is 12.9. The minimum absolute atomic E-state index is 0.213. The first-order valence-corrected chi connectivity index (χ1v) is 5.42. The lowest BCUT2D eigenvalue weighted by Crippen LogP contribution is -2.15. The summed E-state index contributed by atoms with van der Waals surface area (Å²) >= 11 is 0. The molecule has 2 N–H and O–H groups in total. The highest BCUT2D eigenvalue weighted by Crippen LogP contribution is 2.18. The van der Waals surface area contributed by atoms with Gasteiger partial charge in [-0.2, -0.15) is 0 Å². The molecule has 0 atom stereocenters. The molecular formula is C12H18FNO2. The second-order valence-electron chi connectivity index (χ2n) is 3.56. The molecule has 0 radical (unpaired) electrons. The number of aliphatic hydroxyl groups is 1. The molecule has 0 bridgehead atoms. The van der Waals surface area contributed by atoms with E-state index in [1.807, 2.05) is 0 Å². The molecule has 0 aliphatic heterocycles. The van der Waals surface area contributed by atoms with E-state index >= 15 is 0 Å². The van der Waals surface area contributed by atoms with Crippen LogP contribution in [0.1, 0.15) is 18.4 Å². The first-order valence-electron chi connectivity index (χ1n) is 5.42. The van der Waals surface area contributed by atoms with E-state index in [1.54, 1.807) is 13.2 Å². The molecular weight excluding hydrogens is 209 g/mol. The zero-order valence-corrected chi connectivity index (χ0v) is 9.50. The third-order valence-corrected chi connectivity index (χ3v) is 2.32. The van der Waals surface area contributed by atoms with Gasteiger partial charge < -0.3 is 15.2 Å². The van der Waals surface area contributed by atoms with Gasteiger partial charge in [-0.3, -0.25) is 0 Å². The molecule has 0 amide bonds. The highest BCUT2D eigenvalue weighted by Gasteiger charge is 2.03. The standard InChI is InChI=1S/C12H18FNO2/c1-16-12-5-4-11(13)8-10(12)9-14-6-2-3-7-15/h4-5,8,14-15H,2-3,6-7,9H2,1H3. The molecule has 0 fully saturated rings. The van der Waals surface area contributed by atoms with Gasteiger partial charge in [-0.25, -0.2) is 4.39 Å². The highest BCUT2D eigenvalue weighted by atomic mass is 19.1. The van der Waals surface area contributed by atoms with Crippen LogP contribution in [-0.2, 0) is 6.54 Å². The smallest absolute Gasteiger partial charge is 0.123 e. The summed E-state index contributed by atoms with van der Waals surface area (Å²) in [6, 6.07) is 4.48. The summed E-state index contributed by atoms with van der Waals surface area (Å²) in [4.78, 5) is 0. The molecule has 0 unspecified atom stereocenters. The fourth-order valence-electron chi connectivity index (χ4n) is 1.47. The summed E-state index contributed by atoms with van der Waals surface area (Å²) in [5.74, 6) is 0.434. The van der Waals surface area contributed by atoms with E-state index < -0.39 is 0 Å². The Kier molecular flexibility index (Phi) is 5.82. The molecule has 0 aliphatic rings. The maximum atomic E-state index is 13.0. The summed E-state index contributed by atoms with van der Waals surface area (Å²) in [5.41, 5.74) is 0.812. The summed E-state index contributed by atoms with van der Waals surface area (Å²) in [6.07, 6.45) is 1.70. The van der Waals surface area contributed by atoms with Crippen LogP contribution < -0.4 is 10.1 Å². The van der Waals surface area contributed by atoms with E-state index in [1.165, 1.54) is 12.1 Å². The monoisotopic (exact) mass is 227 g/mol. The number of aliphatic hydroxyl groups excluding tert-OH is 1. The normalized spacial score (nSPS) is 10.4. The van der Waals surface area contributed by atoms with Gasteiger partial charge in [0.2, 0.25) is 0 Å². The van der Waals surface area contributed by atoms with Crippen molar-refractivity contribution in [1.29, 1.82) is 0 Å². The van der Waals surface area contributed by atoms with Crippen molar-refractivity contribution in [3.05, 3.63) is 29.6 Å².